The molecule has 7 nitrogen and oxygen atoms in total. The fraction of sp³-hybridized carbons (Fsp3) is 0.929. The summed E-state index contributed by atoms with van der Waals surface area (Å²) in [7, 11) is -4.40. The van der Waals surface area contributed by atoms with E-state index in [2.05, 4.69) is 31.3 Å². The fourth-order valence-electron chi connectivity index (χ4n) is 6.75. The van der Waals surface area contributed by atoms with Gasteiger partial charge in [-0.15, -0.1) is 0 Å². The van der Waals surface area contributed by atoms with Crippen LogP contribution < -0.4 is 5.32 Å². The van der Waals surface area contributed by atoms with Gasteiger partial charge in [-0.3, -0.25) is 9.35 Å². The van der Waals surface area contributed by atoms with E-state index in [1.54, 1.807) is 0 Å². The Balaban J connectivity index is 3.88. The molecule has 0 radical (unpaired) electrons. The molecular formula is C42H83NO6S. The lowest BCUT2D eigenvalue weighted by atomic mass is 10.0. The zero-order valence-electron chi connectivity index (χ0n) is 32.9. The smallest absolute Gasteiger partial charge is 0.266 e. The summed E-state index contributed by atoms with van der Waals surface area (Å²) in [4.78, 5) is 12.6. The quantitative estimate of drug-likeness (QED) is 0.0284. The number of rotatable bonds is 39. The van der Waals surface area contributed by atoms with Crippen molar-refractivity contribution in [3.63, 3.8) is 0 Å². The number of hydrogen-bond acceptors (Lipinski definition) is 5. The summed E-state index contributed by atoms with van der Waals surface area (Å²) in [6, 6.07) is -1.14. The molecule has 4 N–H and O–H groups in total. The number of aliphatic hydroxyl groups is 2. The van der Waals surface area contributed by atoms with Crippen LogP contribution in [0.3, 0.4) is 0 Å². The molecule has 0 aliphatic heterocycles. The van der Waals surface area contributed by atoms with E-state index >= 15 is 0 Å². The van der Waals surface area contributed by atoms with Gasteiger partial charge in [-0.05, 0) is 38.5 Å². The molecule has 298 valence electrons. The van der Waals surface area contributed by atoms with Crippen LogP contribution in [0.15, 0.2) is 12.2 Å². The third kappa shape index (κ3) is 35.4. The zero-order chi connectivity index (χ0) is 37.0. The first kappa shape index (κ1) is 49.0. The second-order valence-corrected chi connectivity index (χ2v) is 16.6. The highest BCUT2D eigenvalue weighted by Crippen LogP contribution is 2.16. The Morgan fingerprint density at radius 3 is 1.20 bits per heavy atom. The lowest BCUT2D eigenvalue weighted by molar-refractivity contribution is -0.131. The molecule has 0 aromatic heterocycles. The SMILES string of the molecule is CCCCCCCCCCCCCC/C=C\CCCCCCCCC(O)C(=O)NC(CS(=O)(=O)O)C(O)CCCCCCCCCCCCC. The minimum atomic E-state index is -4.40. The number of nitrogens with one attached hydrogen (secondary N) is 1. The Morgan fingerprint density at radius 2 is 0.840 bits per heavy atom. The maximum atomic E-state index is 12.6. The summed E-state index contributed by atoms with van der Waals surface area (Å²) >= 11 is 0. The molecule has 3 atom stereocenters. The minimum Gasteiger partial charge on any atom is -0.391 e. The van der Waals surface area contributed by atoms with E-state index in [1.165, 1.54) is 141 Å². The van der Waals surface area contributed by atoms with E-state index in [9.17, 15) is 28.0 Å². The molecule has 50 heavy (non-hydrogen) atoms. The number of unbranched alkanes of at least 4 members (excludes halogenated alkanes) is 28. The van der Waals surface area contributed by atoms with Crippen LogP contribution in [0.1, 0.15) is 226 Å². The fourth-order valence-corrected chi connectivity index (χ4v) is 7.51. The molecule has 0 aliphatic rings. The van der Waals surface area contributed by atoms with Crippen molar-refractivity contribution in [2.75, 3.05) is 5.75 Å². The van der Waals surface area contributed by atoms with Gasteiger partial charge in [0.1, 0.15) is 6.10 Å². The van der Waals surface area contributed by atoms with E-state index in [0.717, 1.165) is 44.9 Å². The predicted molar refractivity (Wildman–Crippen MR) is 213 cm³/mol. The highest BCUT2D eigenvalue weighted by atomic mass is 32.2. The van der Waals surface area contributed by atoms with Crippen LogP contribution in [0, 0.1) is 0 Å². The Morgan fingerprint density at radius 1 is 0.520 bits per heavy atom. The molecular weight excluding hydrogens is 647 g/mol. The van der Waals surface area contributed by atoms with Crippen molar-refractivity contribution in [1.82, 2.24) is 5.32 Å². The van der Waals surface area contributed by atoms with Crippen molar-refractivity contribution in [3.8, 4) is 0 Å². The number of hydrogen-bond donors (Lipinski definition) is 4. The molecule has 0 rings (SSSR count). The molecule has 0 aromatic rings. The summed E-state index contributed by atoms with van der Waals surface area (Å²) in [6.07, 6.45) is 41.0. The largest absolute Gasteiger partial charge is 0.391 e. The Bertz CT molecular complexity index is 864. The van der Waals surface area contributed by atoms with Gasteiger partial charge < -0.3 is 15.5 Å². The number of carbonyl (C=O) groups excluding carboxylic acids is 1. The second-order valence-electron chi connectivity index (χ2n) is 15.1. The summed E-state index contributed by atoms with van der Waals surface area (Å²) in [5.74, 6) is -1.45. The van der Waals surface area contributed by atoms with Crippen molar-refractivity contribution in [2.24, 2.45) is 0 Å². The first-order valence-electron chi connectivity index (χ1n) is 21.5. The number of amides is 1. The maximum absolute atomic E-state index is 12.6. The predicted octanol–water partition coefficient (Wildman–Crippen LogP) is 11.6. The van der Waals surface area contributed by atoms with Crippen LogP contribution in [0.2, 0.25) is 0 Å². The molecule has 3 unspecified atom stereocenters. The molecule has 0 fully saturated rings. The molecule has 1 amide bonds. The zero-order valence-corrected chi connectivity index (χ0v) is 33.7. The van der Waals surface area contributed by atoms with Gasteiger partial charge >= 0.3 is 0 Å². The van der Waals surface area contributed by atoms with Gasteiger partial charge in [0.05, 0.1) is 17.9 Å². The van der Waals surface area contributed by atoms with Crippen molar-refractivity contribution in [3.05, 3.63) is 12.2 Å². The van der Waals surface area contributed by atoms with Crippen LogP contribution in [-0.4, -0.2) is 53.1 Å². The monoisotopic (exact) mass is 730 g/mol. The van der Waals surface area contributed by atoms with E-state index in [1.807, 2.05) is 0 Å². The average molecular weight is 730 g/mol. The molecule has 8 heteroatoms. The molecule has 0 heterocycles. The average Bonchev–Trinajstić information content (AvgIpc) is 3.08. The molecule has 0 saturated carbocycles. The van der Waals surface area contributed by atoms with Gasteiger partial charge in [0.15, 0.2) is 0 Å². The lowest BCUT2D eigenvalue weighted by Gasteiger charge is -2.24. The van der Waals surface area contributed by atoms with E-state index in [4.69, 9.17) is 0 Å². The van der Waals surface area contributed by atoms with Crippen molar-refractivity contribution < 1.29 is 28.0 Å². The molecule has 0 aliphatic carbocycles. The van der Waals surface area contributed by atoms with Gasteiger partial charge in [0.2, 0.25) is 5.91 Å². The van der Waals surface area contributed by atoms with Crippen LogP contribution >= 0.6 is 0 Å². The lowest BCUT2D eigenvalue weighted by Crippen LogP contribution is -2.50. The maximum Gasteiger partial charge on any atom is 0.266 e. The Labute approximate surface area is 310 Å². The van der Waals surface area contributed by atoms with E-state index < -0.39 is 40.0 Å². The van der Waals surface area contributed by atoms with E-state index in [0.29, 0.717) is 25.7 Å². The third-order valence-corrected chi connectivity index (χ3v) is 10.9. The van der Waals surface area contributed by atoms with Gasteiger partial charge in [-0.1, -0.05) is 199 Å². The van der Waals surface area contributed by atoms with Gasteiger partial charge in [0, 0.05) is 0 Å². The van der Waals surface area contributed by atoms with E-state index in [-0.39, 0.29) is 0 Å². The minimum absolute atomic E-state index is 0.293. The molecule has 0 saturated heterocycles. The molecule has 0 aromatic carbocycles. The summed E-state index contributed by atoms with van der Waals surface area (Å²) in [6.45, 7) is 4.50. The van der Waals surface area contributed by atoms with Crippen LogP contribution in [0.4, 0.5) is 0 Å². The third-order valence-electron chi connectivity index (χ3n) is 10.1. The Hall–Kier alpha value is -0.960. The van der Waals surface area contributed by atoms with Crippen molar-refractivity contribution in [2.45, 2.75) is 244 Å². The first-order chi connectivity index (χ1) is 24.2. The highest BCUT2D eigenvalue weighted by molar-refractivity contribution is 7.85. The van der Waals surface area contributed by atoms with Gasteiger partial charge in [-0.25, -0.2) is 0 Å². The topological polar surface area (TPSA) is 124 Å². The number of carbonyl (C=O) groups is 1. The van der Waals surface area contributed by atoms with Gasteiger partial charge in [-0.2, -0.15) is 8.42 Å². The number of aliphatic hydroxyl groups excluding tert-OH is 2. The summed E-state index contributed by atoms with van der Waals surface area (Å²) in [5, 5.41) is 23.5. The first-order valence-corrected chi connectivity index (χ1v) is 23.1. The van der Waals surface area contributed by atoms with Crippen LogP contribution in [-0.2, 0) is 14.9 Å². The molecule has 0 bridgehead atoms. The van der Waals surface area contributed by atoms with Crippen molar-refractivity contribution >= 4 is 16.0 Å². The normalized spacial score (nSPS) is 13.9. The van der Waals surface area contributed by atoms with Crippen LogP contribution in [0.25, 0.3) is 0 Å². The molecule has 0 spiro atoms. The standard InChI is InChI=1S/C42H83NO6S/c1-3-5-7-9-11-13-15-16-17-18-19-20-21-22-23-24-25-27-29-31-33-35-37-41(45)42(46)43-39(38-50(47,48)49)40(44)36-34-32-30-28-26-14-12-10-8-6-4-2/h22-23,39-41,44-45H,3-21,24-38H2,1-2H3,(H,43,46)(H,47,48,49)/b23-22-. The van der Waals surface area contributed by atoms with Crippen molar-refractivity contribution in [1.29, 1.82) is 0 Å². The highest BCUT2D eigenvalue weighted by Gasteiger charge is 2.28. The Kier molecular flexibility index (Phi) is 35.7. The summed E-state index contributed by atoms with van der Waals surface area (Å²) < 4.78 is 32.5. The van der Waals surface area contributed by atoms with Crippen LogP contribution in [0.5, 0.6) is 0 Å². The van der Waals surface area contributed by atoms with Gasteiger partial charge in [0.25, 0.3) is 10.1 Å². The second kappa shape index (κ2) is 36.4. The summed E-state index contributed by atoms with van der Waals surface area (Å²) in [5.41, 5.74) is 0. The number of allylic oxidation sites excluding steroid dienone is 2.